The van der Waals surface area contributed by atoms with Gasteiger partial charge in [-0.25, -0.2) is 0 Å². The summed E-state index contributed by atoms with van der Waals surface area (Å²) in [5.41, 5.74) is 6.37. The van der Waals surface area contributed by atoms with Crippen LogP contribution in [0.3, 0.4) is 0 Å². The zero-order valence-electron chi connectivity index (χ0n) is 41.0. The van der Waals surface area contributed by atoms with Crippen LogP contribution in [-0.4, -0.2) is 0 Å². The second-order valence-electron chi connectivity index (χ2n) is 15.0. The summed E-state index contributed by atoms with van der Waals surface area (Å²) in [5, 5.41) is 5.65. The predicted molar refractivity (Wildman–Crippen MR) is 261 cm³/mol. The minimum Gasteiger partial charge on any atom is -0.310 e. The molecule has 11 aromatic carbocycles. The number of rotatable bonds is 8. The van der Waals surface area contributed by atoms with Crippen molar-refractivity contribution < 1.29 is 11.0 Å². The molecule has 0 radical (unpaired) electrons. The molecule has 0 amide bonds. The number of anilines is 3. The van der Waals surface area contributed by atoms with Crippen LogP contribution >= 0.6 is 0 Å². The fourth-order valence-electron chi connectivity index (χ4n) is 8.52. The van der Waals surface area contributed by atoms with Crippen molar-refractivity contribution in [2.75, 3.05) is 4.90 Å². The Kier molecular flexibility index (Phi) is 7.29. The van der Waals surface area contributed by atoms with Crippen LogP contribution in [0, 0.1) is 0 Å². The molecule has 0 spiro atoms. The summed E-state index contributed by atoms with van der Waals surface area (Å²) >= 11 is 0. The first-order chi connectivity index (χ1) is 33.6. The summed E-state index contributed by atoms with van der Waals surface area (Å²) in [6, 6.07) is 61.5. The van der Waals surface area contributed by atoms with Gasteiger partial charge in [0, 0.05) is 16.9 Å². The second-order valence-corrected chi connectivity index (χ2v) is 15.0. The van der Waals surface area contributed by atoms with E-state index < -0.39 is 24.2 Å². The average Bonchev–Trinajstić information content (AvgIpc) is 3.39. The standard InChI is InChI=1S/C60H41N/c1-2-15-43(16-3-1)54-22-8-9-23-56(54)57-24-10-11-25-58(57)59-26-12-13-28-60(59)61(50-38-33-46(34-39-50)53-27-14-19-44-17-4-6-20-51(44)53)49-36-31-42(32-37-49)47-35-40-55-48(41-47)30-29-45-18-5-7-21-52(45)55/h1-41H/i31D,32D,33D,34D,36D,37D,38D,39D. The van der Waals surface area contributed by atoms with Crippen molar-refractivity contribution in [3.05, 3.63) is 249 Å². The summed E-state index contributed by atoms with van der Waals surface area (Å²) in [5.74, 6) is 0. The van der Waals surface area contributed by atoms with Gasteiger partial charge < -0.3 is 4.90 Å². The van der Waals surface area contributed by atoms with Crippen LogP contribution < -0.4 is 4.90 Å². The van der Waals surface area contributed by atoms with E-state index in [0.29, 0.717) is 22.4 Å². The fourth-order valence-corrected chi connectivity index (χ4v) is 8.52. The van der Waals surface area contributed by atoms with Crippen LogP contribution in [0.1, 0.15) is 11.0 Å². The van der Waals surface area contributed by atoms with Crippen molar-refractivity contribution >= 4 is 49.4 Å². The van der Waals surface area contributed by atoms with Crippen molar-refractivity contribution in [3.8, 4) is 55.6 Å². The first kappa shape index (κ1) is 28.4. The first-order valence-electron chi connectivity index (χ1n) is 24.4. The van der Waals surface area contributed by atoms with Gasteiger partial charge in [0.05, 0.1) is 16.7 Å². The van der Waals surface area contributed by atoms with Crippen molar-refractivity contribution in [3.63, 3.8) is 0 Å². The Labute approximate surface area is 368 Å². The van der Waals surface area contributed by atoms with Crippen LogP contribution in [0.2, 0.25) is 0 Å². The van der Waals surface area contributed by atoms with Gasteiger partial charge in [-0.05, 0) is 119 Å². The minimum absolute atomic E-state index is 0.103. The summed E-state index contributed by atoms with van der Waals surface area (Å²) in [4.78, 5) is 1.42. The largest absolute Gasteiger partial charge is 0.310 e. The van der Waals surface area contributed by atoms with Crippen LogP contribution in [0.5, 0.6) is 0 Å². The van der Waals surface area contributed by atoms with E-state index in [9.17, 15) is 11.0 Å². The monoisotopic (exact) mass is 783 g/mol. The van der Waals surface area contributed by atoms with Crippen molar-refractivity contribution in [2.24, 2.45) is 0 Å². The quantitative estimate of drug-likeness (QED) is 0.139. The van der Waals surface area contributed by atoms with E-state index in [1.165, 1.54) is 4.90 Å². The van der Waals surface area contributed by atoms with Gasteiger partial charge in [0.25, 0.3) is 0 Å². The highest BCUT2D eigenvalue weighted by atomic mass is 15.1. The fraction of sp³-hybridized carbons (Fsp3) is 0. The molecule has 11 rings (SSSR count). The summed E-state index contributed by atoms with van der Waals surface area (Å²) in [6.45, 7) is 0. The molecule has 0 N–H and O–H groups in total. The Morgan fingerprint density at radius 3 is 1.46 bits per heavy atom. The van der Waals surface area contributed by atoms with E-state index in [1.54, 1.807) is 18.2 Å². The molecule has 0 atom stereocenters. The van der Waals surface area contributed by atoms with Gasteiger partial charge in [-0.3, -0.25) is 0 Å². The molecule has 0 aliphatic rings. The van der Waals surface area contributed by atoms with Gasteiger partial charge in [0.2, 0.25) is 0 Å². The minimum atomic E-state index is -0.405. The first-order valence-corrected chi connectivity index (χ1v) is 20.4. The summed E-state index contributed by atoms with van der Waals surface area (Å²) in [6.07, 6.45) is 0. The third-order valence-corrected chi connectivity index (χ3v) is 11.4. The molecule has 0 saturated carbocycles. The molecule has 0 aliphatic carbocycles. The van der Waals surface area contributed by atoms with Gasteiger partial charge in [-0.1, -0.05) is 212 Å². The molecule has 0 fully saturated rings. The number of benzene rings is 11. The molecule has 0 unspecified atom stereocenters. The Hall–Kier alpha value is -8.00. The lowest BCUT2D eigenvalue weighted by molar-refractivity contribution is 1.28. The Morgan fingerprint density at radius 1 is 0.262 bits per heavy atom. The maximum Gasteiger partial charge on any atom is 0.0645 e. The highest BCUT2D eigenvalue weighted by molar-refractivity contribution is 6.08. The van der Waals surface area contributed by atoms with E-state index in [4.69, 9.17) is 0 Å². The molecular formula is C60H41N. The number of para-hydroxylation sites is 1. The molecule has 0 bridgehead atoms. The van der Waals surface area contributed by atoms with Gasteiger partial charge in [-0.15, -0.1) is 0 Å². The molecule has 0 heterocycles. The zero-order chi connectivity index (χ0) is 47.5. The predicted octanol–water partition coefficient (Wildman–Crippen LogP) is 17.0. The highest BCUT2D eigenvalue weighted by Crippen LogP contribution is 2.46. The van der Waals surface area contributed by atoms with Crippen LogP contribution in [0.4, 0.5) is 17.1 Å². The van der Waals surface area contributed by atoms with Crippen molar-refractivity contribution in [1.29, 1.82) is 0 Å². The molecule has 11 aromatic rings. The maximum atomic E-state index is 9.86. The molecule has 0 aromatic heterocycles. The molecule has 286 valence electrons. The third-order valence-electron chi connectivity index (χ3n) is 11.4. The highest BCUT2D eigenvalue weighted by Gasteiger charge is 2.20. The topological polar surface area (TPSA) is 3.24 Å². The average molecular weight is 784 g/mol. The van der Waals surface area contributed by atoms with E-state index in [0.717, 1.165) is 60.1 Å². The normalized spacial score (nSPS) is 13.1. The lowest BCUT2D eigenvalue weighted by Gasteiger charge is -2.29. The van der Waals surface area contributed by atoms with Gasteiger partial charge in [0.15, 0.2) is 0 Å². The van der Waals surface area contributed by atoms with Crippen molar-refractivity contribution in [2.45, 2.75) is 0 Å². The molecule has 1 heteroatoms. The number of hydrogen-bond donors (Lipinski definition) is 0. The van der Waals surface area contributed by atoms with Crippen LogP contribution in [0.25, 0.3) is 88.0 Å². The van der Waals surface area contributed by atoms with Crippen LogP contribution in [-0.2, 0) is 0 Å². The number of hydrogen-bond acceptors (Lipinski definition) is 1. The van der Waals surface area contributed by atoms with Gasteiger partial charge >= 0.3 is 0 Å². The smallest absolute Gasteiger partial charge is 0.0645 e. The molecule has 0 aliphatic heterocycles. The zero-order valence-corrected chi connectivity index (χ0v) is 33.0. The van der Waals surface area contributed by atoms with Crippen molar-refractivity contribution in [1.82, 2.24) is 0 Å². The molecular weight excluding hydrogens is 735 g/mol. The Morgan fingerprint density at radius 2 is 0.738 bits per heavy atom. The Bertz CT molecular complexity index is 3790. The third kappa shape index (κ3) is 6.73. The van der Waals surface area contributed by atoms with Gasteiger partial charge in [-0.2, -0.15) is 0 Å². The SMILES string of the molecule is [2H]c1c([2H])c(N(c2ccccc2-c2ccccc2-c2ccccc2-c2ccccc2)c2c([2H])c([2H])c(-c3cccc4ccccc34)c([2H])c2[2H])c([2H])c([2H])c1-c1ccc2c(ccc3ccccc32)c1. The van der Waals surface area contributed by atoms with Gasteiger partial charge in [0.1, 0.15) is 0 Å². The molecule has 61 heavy (non-hydrogen) atoms. The number of fused-ring (bicyclic) bond motifs is 4. The van der Waals surface area contributed by atoms with E-state index in [1.807, 2.05) is 152 Å². The lowest BCUT2D eigenvalue weighted by atomic mass is 9.88. The van der Waals surface area contributed by atoms with E-state index in [2.05, 4.69) is 30.3 Å². The van der Waals surface area contributed by atoms with E-state index >= 15 is 0 Å². The maximum absolute atomic E-state index is 9.86. The lowest BCUT2D eigenvalue weighted by Crippen LogP contribution is -2.11. The molecule has 0 saturated heterocycles. The summed E-state index contributed by atoms with van der Waals surface area (Å²) in [7, 11) is 0. The number of nitrogens with zero attached hydrogens (tertiary/aromatic N) is 1. The van der Waals surface area contributed by atoms with Crippen LogP contribution in [0.15, 0.2) is 249 Å². The van der Waals surface area contributed by atoms with E-state index in [-0.39, 0.29) is 46.7 Å². The molecule has 1 nitrogen and oxygen atoms in total. The second kappa shape index (κ2) is 15.6. The Balaban J connectivity index is 1.18. The summed E-state index contributed by atoms with van der Waals surface area (Å²) < 4.78 is 78.0.